The van der Waals surface area contributed by atoms with Crippen molar-refractivity contribution in [1.82, 2.24) is 15.1 Å². The minimum atomic E-state index is -0.977. The Bertz CT molecular complexity index is 1090. The van der Waals surface area contributed by atoms with Gasteiger partial charge in [0.05, 0.1) is 12.3 Å². The number of amides is 1. The second-order valence-corrected chi connectivity index (χ2v) is 9.02. The third-order valence-electron chi connectivity index (χ3n) is 5.70. The van der Waals surface area contributed by atoms with Gasteiger partial charge in [0.2, 0.25) is 0 Å². The first-order chi connectivity index (χ1) is 16.4. The van der Waals surface area contributed by atoms with E-state index < -0.39 is 5.60 Å². The first kappa shape index (κ1) is 23.8. The van der Waals surface area contributed by atoms with Crippen LogP contribution in [-0.2, 0) is 4.79 Å². The zero-order valence-corrected chi connectivity index (χ0v) is 20.5. The van der Waals surface area contributed by atoms with Crippen LogP contribution in [-0.4, -0.2) is 59.4 Å². The van der Waals surface area contributed by atoms with Gasteiger partial charge in [0, 0.05) is 36.8 Å². The van der Waals surface area contributed by atoms with Gasteiger partial charge in [-0.1, -0.05) is 11.6 Å². The molecule has 1 aromatic heterocycles. The Balaban J connectivity index is 1.33. The molecule has 1 aliphatic heterocycles. The van der Waals surface area contributed by atoms with Crippen molar-refractivity contribution in [3.8, 4) is 22.8 Å². The lowest BCUT2D eigenvalue weighted by Gasteiger charge is -2.38. The number of piperazine rings is 1. The summed E-state index contributed by atoms with van der Waals surface area (Å²) in [6.45, 7) is 8.73. The van der Waals surface area contributed by atoms with Crippen molar-refractivity contribution in [3.63, 3.8) is 0 Å². The standard InChI is InChI=1S/C26H29ClN4O3/c1-4-33-21-9-5-19(6-10-21)23-13-14-24(29-28-23)30-15-17-31(18-16-30)25(32)26(2,3)34-22-11-7-20(27)8-12-22/h5-14H,4,15-18H2,1-3H3. The molecule has 178 valence electrons. The lowest BCUT2D eigenvalue weighted by molar-refractivity contribution is -0.145. The average Bonchev–Trinajstić information content (AvgIpc) is 2.86. The highest BCUT2D eigenvalue weighted by molar-refractivity contribution is 6.30. The smallest absolute Gasteiger partial charge is 0.266 e. The number of halogens is 1. The summed E-state index contributed by atoms with van der Waals surface area (Å²) in [5.74, 6) is 2.21. The highest BCUT2D eigenvalue weighted by atomic mass is 35.5. The fourth-order valence-corrected chi connectivity index (χ4v) is 4.02. The van der Waals surface area contributed by atoms with E-state index in [1.165, 1.54) is 0 Å². The van der Waals surface area contributed by atoms with Gasteiger partial charge in [-0.15, -0.1) is 10.2 Å². The van der Waals surface area contributed by atoms with E-state index in [1.54, 1.807) is 38.1 Å². The van der Waals surface area contributed by atoms with Gasteiger partial charge in [-0.25, -0.2) is 0 Å². The van der Waals surface area contributed by atoms with Gasteiger partial charge in [0.25, 0.3) is 5.91 Å². The normalized spacial score (nSPS) is 14.1. The number of anilines is 1. The van der Waals surface area contributed by atoms with Gasteiger partial charge in [0.1, 0.15) is 11.5 Å². The van der Waals surface area contributed by atoms with Crippen molar-refractivity contribution < 1.29 is 14.3 Å². The zero-order valence-electron chi connectivity index (χ0n) is 19.7. The van der Waals surface area contributed by atoms with E-state index in [9.17, 15) is 4.79 Å². The maximum absolute atomic E-state index is 13.1. The van der Waals surface area contributed by atoms with E-state index in [2.05, 4.69) is 15.1 Å². The number of ether oxygens (including phenoxy) is 2. The molecule has 4 rings (SSSR count). The Morgan fingerprint density at radius 3 is 2.15 bits per heavy atom. The number of carbonyl (C=O) groups excluding carboxylic acids is 1. The maximum Gasteiger partial charge on any atom is 0.266 e. The highest BCUT2D eigenvalue weighted by Gasteiger charge is 2.36. The van der Waals surface area contributed by atoms with E-state index in [-0.39, 0.29) is 5.91 Å². The van der Waals surface area contributed by atoms with E-state index in [4.69, 9.17) is 21.1 Å². The third kappa shape index (κ3) is 5.59. The molecule has 1 aliphatic rings. The Hall–Kier alpha value is -3.32. The molecule has 0 saturated carbocycles. The molecule has 1 amide bonds. The first-order valence-electron chi connectivity index (χ1n) is 11.4. The monoisotopic (exact) mass is 480 g/mol. The zero-order chi connectivity index (χ0) is 24.1. The van der Waals surface area contributed by atoms with Crippen molar-refractivity contribution in [2.45, 2.75) is 26.4 Å². The molecule has 2 aromatic carbocycles. The summed E-state index contributed by atoms with van der Waals surface area (Å²) in [7, 11) is 0. The van der Waals surface area contributed by atoms with Crippen LogP contribution in [0.3, 0.4) is 0 Å². The van der Waals surface area contributed by atoms with Crippen molar-refractivity contribution in [3.05, 3.63) is 65.7 Å². The van der Waals surface area contributed by atoms with Crippen LogP contribution in [0.4, 0.5) is 5.82 Å². The fraction of sp³-hybridized carbons (Fsp3) is 0.346. The Morgan fingerprint density at radius 2 is 1.56 bits per heavy atom. The number of carbonyl (C=O) groups is 1. The molecule has 0 radical (unpaired) electrons. The van der Waals surface area contributed by atoms with Crippen molar-refractivity contribution in [2.75, 3.05) is 37.7 Å². The van der Waals surface area contributed by atoms with Gasteiger partial charge in [-0.2, -0.15) is 0 Å². The molecule has 2 heterocycles. The molecular formula is C26H29ClN4O3. The van der Waals surface area contributed by atoms with Crippen LogP contribution < -0.4 is 14.4 Å². The van der Waals surface area contributed by atoms with E-state index >= 15 is 0 Å². The van der Waals surface area contributed by atoms with Crippen LogP contribution in [0, 0.1) is 0 Å². The molecule has 0 bridgehead atoms. The quantitative estimate of drug-likeness (QED) is 0.488. The number of rotatable bonds is 7. The number of nitrogens with zero attached hydrogens (tertiary/aromatic N) is 4. The number of benzene rings is 2. The summed E-state index contributed by atoms with van der Waals surface area (Å²) < 4.78 is 11.5. The van der Waals surface area contributed by atoms with Gasteiger partial charge in [-0.3, -0.25) is 4.79 Å². The number of hydrogen-bond donors (Lipinski definition) is 0. The summed E-state index contributed by atoms with van der Waals surface area (Å²) in [5.41, 5.74) is 0.817. The predicted molar refractivity (Wildman–Crippen MR) is 134 cm³/mol. The lowest BCUT2D eigenvalue weighted by Crippen LogP contribution is -2.56. The van der Waals surface area contributed by atoms with Crippen LogP contribution in [0.5, 0.6) is 11.5 Å². The Morgan fingerprint density at radius 1 is 0.912 bits per heavy atom. The minimum Gasteiger partial charge on any atom is -0.494 e. The summed E-state index contributed by atoms with van der Waals surface area (Å²) in [6, 6.07) is 18.8. The second kappa shape index (κ2) is 10.3. The Kier molecular flexibility index (Phi) is 7.22. The molecule has 0 spiro atoms. The molecule has 34 heavy (non-hydrogen) atoms. The lowest BCUT2D eigenvalue weighted by atomic mass is 10.1. The number of aromatic nitrogens is 2. The van der Waals surface area contributed by atoms with Crippen LogP contribution in [0.2, 0.25) is 5.02 Å². The topological polar surface area (TPSA) is 67.8 Å². The SMILES string of the molecule is CCOc1ccc(-c2ccc(N3CCN(C(=O)C(C)(C)Oc4ccc(Cl)cc4)CC3)nn2)cc1. The van der Waals surface area contributed by atoms with Gasteiger partial charge in [-0.05, 0) is 81.4 Å². The molecule has 1 saturated heterocycles. The minimum absolute atomic E-state index is 0.0426. The molecule has 1 fully saturated rings. The summed E-state index contributed by atoms with van der Waals surface area (Å²) in [6.07, 6.45) is 0. The van der Waals surface area contributed by atoms with E-state index in [0.717, 1.165) is 22.8 Å². The molecular weight excluding hydrogens is 452 g/mol. The van der Waals surface area contributed by atoms with Crippen molar-refractivity contribution in [2.24, 2.45) is 0 Å². The van der Waals surface area contributed by atoms with Gasteiger partial charge in [0.15, 0.2) is 11.4 Å². The van der Waals surface area contributed by atoms with Crippen LogP contribution in [0.25, 0.3) is 11.3 Å². The second-order valence-electron chi connectivity index (χ2n) is 8.58. The average molecular weight is 481 g/mol. The van der Waals surface area contributed by atoms with E-state index in [0.29, 0.717) is 43.6 Å². The molecule has 0 N–H and O–H groups in total. The van der Waals surface area contributed by atoms with Crippen molar-refractivity contribution >= 4 is 23.3 Å². The first-order valence-corrected chi connectivity index (χ1v) is 11.8. The van der Waals surface area contributed by atoms with Crippen LogP contribution in [0.1, 0.15) is 20.8 Å². The maximum atomic E-state index is 13.1. The molecule has 8 heteroatoms. The predicted octanol–water partition coefficient (Wildman–Crippen LogP) is 4.70. The Labute approximate surface area is 205 Å². The molecule has 3 aromatic rings. The molecule has 7 nitrogen and oxygen atoms in total. The summed E-state index contributed by atoms with van der Waals surface area (Å²) in [4.78, 5) is 17.1. The van der Waals surface area contributed by atoms with Gasteiger partial charge >= 0.3 is 0 Å². The summed E-state index contributed by atoms with van der Waals surface area (Å²) >= 11 is 5.94. The largest absolute Gasteiger partial charge is 0.494 e. The number of hydrogen-bond acceptors (Lipinski definition) is 6. The van der Waals surface area contributed by atoms with Crippen LogP contribution >= 0.6 is 11.6 Å². The van der Waals surface area contributed by atoms with Gasteiger partial charge < -0.3 is 19.3 Å². The molecule has 0 atom stereocenters. The highest BCUT2D eigenvalue weighted by Crippen LogP contribution is 2.25. The van der Waals surface area contributed by atoms with E-state index in [1.807, 2.05) is 48.2 Å². The molecule has 0 aliphatic carbocycles. The summed E-state index contributed by atoms with van der Waals surface area (Å²) in [5, 5.41) is 9.46. The van der Waals surface area contributed by atoms with Crippen molar-refractivity contribution in [1.29, 1.82) is 0 Å². The molecule has 0 unspecified atom stereocenters. The van der Waals surface area contributed by atoms with Crippen LogP contribution in [0.15, 0.2) is 60.7 Å². The third-order valence-corrected chi connectivity index (χ3v) is 5.96. The fourth-order valence-electron chi connectivity index (χ4n) is 3.90.